The molecule has 0 unspecified atom stereocenters. The van der Waals surface area contributed by atoms with E-state index in [0.29, 0.717) is 11.3 Å². The normalized spacial score (nSPS) is 11.7. The minimum atomic E-state index is -4.26. The molecule has 21 heavy (non-hydrogen) atoms. The van der Waals surface area contributed by atoms with Crippen molar-refractivity contribution in [2.75, 3.05) is 12.3 Å². The van der Waals surface area contributed by atoms with Gasteiger partial charge in [-0.25, -0.2) is 13.8 Å². The summed E-state index contributed by atoms with van der Waals surface area (Å²) in [5.74, 6) is -4.75. The average molecular weight is 301 g/mol. The molecule has 2 rings (SSSR count). The molecule has 0 aliphatic carbocycles. The standard InChI is InChI=1S/C13H11F4N3O/c14-11(15)13(16,17)7-21-10-6-9(19-12(18)20-10)8-4-2-1-3-5-8/h1-6,11H,7H2,(H2,18,19,20). The van der Waals surface area contributed by atoms with Gasteiger partial charge in [-0.3, -0.25) is 0 Å². The number of benzene rings is 1. The lowest BCUT2D eigenvalue weighted by atomic mass is 10.1. The van der Waals surface area contributed by atoms with Gasteiger partial charge in [-0.05, 0) is 0 Å². The number of ether oxygens (including phenoxy) is 1. The number of hydrogen-bond donors (Lipinski definition) is 1. The molecule has 4 nitrogen and oxygen atoms in total. The Morgan fingerprint density at radius 2 is 1.81 bits per heavy atom. The van der Waals surface area contributed by atoms with Gasteiger partial charge in [0.1, 0.15) is 0 Å². The maximum Gasteiger partial charge on any atom is 0.340 e. The molecule has 1 aromatic heterocycles. The Hall–Kier alpha value is -2.38. The monoisotopic (exact) mass is 301 g/mol. The van der Waals surface area contributed by atoms with Gasteiger partial charge in [-0.1, -0.05) is 30.3 Å². The van der Waals surface area contributed by atoms with Crippen molar-refractivity contribution in [3.63, 3.8) is 0 Å². The van der Waals surface area contributed by atoms with Gasteiger partial charge in [0.25, 0.3) is 0 Å². The lowest BCUT2D eigenvalue weighted by molar-refractivity contribution is -0.148. The molecule has 0 radical (unpaired) electrons. The number of nitrogens with two attached hydrogens (primary N) is 1. The molecule has 1 heterocycles. The predicted molar refractivity (Wildman–Crippen MR) is 68.3 cm³/mol. The van der Waals surface area contributed by atoms with E-state index in [-0.39, 0.29) is 11.8 Å². The van der Waals surface area contributed by atoms with Crippen LogP contribution < -0.4 is 10.5 Å². The summed E-state index contributed by atoms with van der Waals surface area (Å²) in [5.41, 5.74) is 6.47. The lowest BCUT2D eigenvalue weighted by Crippen LogP contribution is -2.34. The zero-order chi connectivity index (χ0) is 15.5. The van der Waals surface area contributed by atoms with Crippen LogP contribution in [0.15, 0.2) is 36.4 Å². The van der Waals surface area contributed by atoms with E-state index in [0.717, 1.165) is 0 Å². The number of rotatable bonds is 5. The highest BCUT2D eigenvalue weighted by atomic mass is 19.3. The van der Waals surface area contributed by atoms with Crippen LogP contribution in [-0.4, -0.2) is 28.9 Å². The molecule has 2 aromatic rings. The molecule has 0 aliphatic heterocycles. The van der Waals surface area contributed by atoms with Crippen LogP contribution in [-0.2, 0) is 0 Å². The van der Waals surface area contributed by atoms with Gasteiger partial charge in [0.15, 0.2) is 6.61 Å². The molecule has 8 heteroatoms. The summed E-state index contributed by atoms with van der Waals surface area (Å²) in [6.07, 6.45) is -3.81. The second-order valence-corrected chi connectivity index (χ2v) is 4.17. The Bertz CT molecular complexity index is 608. The number of alkyl halides is 4. The molecule has 1 aromatic carbocycles. The first-order chi connectivity index (χ1) is 9.88. The van der Waals surface area contributed by atoms with Gasteiger partial charge in [-0.2, -0.15) is 13.8 Å². The minimum Gasteiger partial charge on any atom is -0.471 e. The minimum absolute atomic E-state index is 0.202. The topological polar surface area (TPSA) is 61.0 Å². The van der Waals surface area contributed by atoms with Crippen molar-refractivity contribution in [1.82, 2.24) is 9.97 Å². The fourth-order valence-electron chi connectivity index (χ4n) is 1.51. The van der Waals surface area contributed by atoms with E-state index >= 15 is 0 Å². The summed E-state index contributed by atoms with van der Waals surface area (Å²) in [7, 11) is 0. The summed E-state index contributed by atoms with van der Waals surface area (Å²) in [6.45, 7) is -1.49. The quantitative estimate of drug-likeness (QED) is 0.862. The summed E-state index contributed by atoms with van der Waals surface area (Å²) >= 11 is 0. The maximum atomic E-state index is 12.8. The van der Waals surface area contributed by atoms with Crippen LogP contribution in [0.5, 0.6) is 5.88 Å². The number of nitrogen functional groups attached to an aromatic ring is 1. The van der Waals surface area contributed by atoms with Crippen LogP contribution in [0, 0.1) is 0 Å². The van der Waals surface area contributed by atoms with E-state index in [1.54, 1.807) is 30.3 Å². The van der Waals surface area contributed by atoms with Gasteiger partial charge in [0, 0.05) is 11.6 Å². The maximum absolute atomic E-state index is 12.8. The first kappa shape index (κ1) is 15.0. The fourth-order valence-corrected chi connectivity index (χ4v) is 1.51. The molecule has 0 spiro atoms. The molecule has 0 bridgehead atoms. The van der Waals surface area contributed by atoms with Crippen molar-refractivity contribution in [2.45, 2.75) is 12.3 Å². The molecule has 0 amide bonds. The lowest BCUT2D eigenvalue weighted by Gasteiger charge is -2.15. The van der Waals surface area contributed by atoms with Gasteiger partial charge in [-0.15, -0.1) is 0 Å². The number of anilines is 1. The zero-order valence-corrected chi connectivity index (χ0v) is 10.6. The number of hydrogen-bond acceptors (Lipinski definition) is 4. The van der Waals surface area contributed by atoms with Crippen LogP contribution in [0.3, 0.4) is 0 Å². The van der Waals surface area contributed by atoms with Crippen LogP contribution >= 0.6 is 0 Å². The summed E-state index contributed by atoms with van der Waals surface area (Å²) in [5, 5.41) is 0. The highest BCUT2D eigenvalue weighted by Crippen LogP contribution is 2.26. The fraction of sp³-hybridized carbons (Fsp3) is 0.231. The highest BCUT2D eigenvalue weighted by Gasteiger charge is 2.41. The van der Waals surface area contributed by atoms with E-state index in [9.17, 15) is 17.6 Å². The largest absolute Gasteiger partial charge is 0.471 e. The number of aromatic nitrogens is 2. The Kier molecular flexibility index (Phi) is 4.25. The second kappa shape index (κ2) is 5.94. The van der Waals surface area contributed by atoms with Crippen LogP contribution in [0.1, 0.15) is 0 Å². The Morgan fingerprint density at radius 3 is 2.43 bits per heavy atom. The van der Waals surface area contributed by atoms with Crippen LogP contribution in [0.2, 0.25) is 0 Å². The van der Waals surface area contributed by atoms with Crippen molar-refractivity contribution in [2.24, 2.45) is 0 Å². The summed E-state index contributed by atoms with van der Waals surface area (Å²) < 4.78 is 54.3. The van der Waals surface area contributed by atoms with Crippen LogP contribution in [0.25, 0.3) is 11.3 Å². The third-order valence-corrected chi connectivity index (χ3v) is 2.52. The molecule has 0 aliphatic rings. The van der Waals surface area contributed by atoms with Crippen LogP contribution in [0.4, 0.5) is 23.5 Å². The summed E-state index contributed by atoms with van der Waals surface area (Å²) in [6, 6.07) is 9.98. The molecule has 2 N–H and O–H groups in total. The summed E-state index contributed by atoms with van der Waals surface area (Å²) in [4.78, 5) is 7.52. The number of halogens is 4. The first-order valence-electron chi connectivity index (χ1n) is 5.87. The van der Waals surface area contributed by atoms with Crippen molar-refractivity contribution in [3.8, 4) is 17.1 Å². The second-order valence-electron chi connectivity index (χ2n) is 4.17. The van der Waals surface area contributed by atoms with E-state index in [1.165, 1.54) is 6.07 Å². The van der Waals surface area contributed by atoms with Gasteiger partial charge in [0.05, 0.1) is 5.69 Å². The predicted octanol–water partition coefficient (Wildman–Crippen LogP) is 3.01. The van der Waals surface area contributed by atoms with Crippen molar-refractivity contribution in [1.29, 1.82) is 0 Å². The third-order valence-electron chi connectivity index (χ3n) is 2.52. The molecule has 0 saturated heterocycles. The SMILES string of the molecule is Nc1nc(OCC(F)(F)C(F)F)cc(-c2ccccc2)n1. The molecular weight excluding hydrogens is 290 g/mol. The van der Waals surface area contributed by atoms with E-state index in [1.807, 2.05) is 0 Å². The average Bonchev–Trinajstić information content (AvgIpc) is 2.45. The smallest absolute Gasteiger partial charge is 0.340 e. The molecule has 112 valence electrons. The van der Waals surface area contributed by atoms with E-state index in [2.05, 4.69) is 14.7 Å². The Morgan fingerprint density at radius 1 is 1.14 bits per heavy atom. The Balaban J connectivity index is 2.20. The first-order valence-corrected chi connectivity index (χ1v) is 5.87. The Labute approximate surface area is 117 Å². The van der Waals surface area contributed by atoms with E-state index < -0.39 is 19.0 Å². The molecule has 0 fully saturated rings. The van der Waals surface area contributed by atoms with Gasteiger partial charge >= 0.3 is 12.3 Å². The van der Waals surface area contributed by atoms with Gasteiger partial charge < -0.3 is 10.5 Å². The third kappa shape index (κ3) is 3.80. The van der Waals surface area contributed by atoms with Crippen molar-refractivity contribution < 1.29 is 22.3 Å². The van der Waals surface area contributed by atoms with Crippen molar-refractivity contribution >= 4 is 5.95 Å². The van der Waals surface area contributed by atoms with E-state index in [4.69, 9.17) is 5.73 Å². The molecular formula is C13H11F4N3O. The zero-order valence-electron chi connectivity index (χ0n) is 10.6. The molecule has 0 atom stereocenters. The highest BCUT2D eigenvalue weighted by molar-refractivity contribution is 5.61. The number of nitrogens with zero attached hydrogens (tertiary/aromatic N) is 2. The molecule has 0 saturated carbocycles. The van der Waals surface area contributed by atoms with Gasteiger partial charge in [0.2, 0.25) is 11.8 Å². The van der Waals surface area contributed by atoms with Crippen molar-refractivity contribution in [3.05, 3.63) is 36.4 Å².